The Balaban J connectivity index is 3.08. The van der Waals surface area contributed by atoms with E-state index in [2.05, 4.69) is 10.2 Å². The van der Waals surface area contributed by atoms with Crippen molar-refractivity contribution < 1.29 is 13.2 Å². The molecule has 1 rings (SSSR count). The minimum Gasteiger partial charge on any atom is -0.363 e. The molecule has 0 bridgehead atoms. The van der Waals surface area contributed by atoms with E-state index in [0.717, 1.165) is 6.20 Å². The lowest BCUT2D eigenvalue weighted by Crippen LogP contribution is -2.15. The fourth-order valence-electron chi connectivity index (χ4n) is 0.828. The maximum absolute atomic E-state index is 12.2. The first-order chi connectivity index (χ1) is 5.43. The summed E-state index contributed by atoms with van der Waals surface area (Å²) < 4.78 is 36.5. The molecule has 0 aliphatic rings. The summed E-state index contributed by atoms with van der Waals surface area (Å²) in [7, 11) is 3.03. The molecule has 1 aromatic rings. The first kappa shape index (κ1) is 8.89. The fourth-order valence-corrected chi connectivity index (χ4v) is 0.828. The molecule has 0 atom stereocenters. The van der Waals surface area contributed by atoms with Gasteiger partial charge < -0.3 is 4.90 Å². The topological polar surface area (TPSA) is 31.9 Å². The molecule has 0 aromatic carbocycles. The number of hydrogen-bond acceptors (Lipinski definition) is 2. The molecule has 0 unspecified atom stereocenters. The van der Waals surface area contributed by atoms with Gasteiger partial charge in [0.2, 0.25) is 0 Å². The second kappa shape index (κ2) is 2.69. The monoisotopic (exact) mass is 179 g/mol. The maximum atomic E-state index is 12.2. The second-order valence-corrected chi connectivity index (χ2v) is 2.52. The summed E-state index contributed by atoms with van der Waals surface area (Å²) in [6.07, 6.45) is -3.57. The van der Waals surface area contributed by atoms with Gasteiger partial charge in [0.25, 0.3) is 0 Å². The average Bonchev–Trinajstić information content (AvgIpc) is 2.30. The van der Waals surface area contributed by atoms with Gasteiger partial charge in [0.1, 0.15) is 11.4 Å². The van der Waals surface area contributed by atoms with Gasteiger partial charge in [-0.3, -0.25) is 5.10 Å². The molecule has 0 radical (unpaired) electrons. The molecule has 1 heterocycles. The molecule has 0 saturated heterocycles. The third-order valence-electron chi connectivity index (χ3n) is 1.37. The number of H-pyrrole nitrogens is 1. The molecule has 0 amide bonds. The van der Waals surface area contributed by atoms with E-state index in [9.17, 15) is 13.2 Å². The predicted molar refractivity (Wildman–Crippen MR) is 37.9 cm³/mol. The molecule has 3 nitrogen and oxygen atoms in total. The van der Waals surface area contributed by atoms with Crippen molar-refractivity contribution in [3.8, 4) is 0 Å². The Kier molecular flexibility index (Phi) is 1.99. The van der Waals surface area contributed by atoms with Crippen LogP contribution in [0.2, 0.25) is 0 Å². The van der Waals surface area contributed by atoms with E-state index in [0.29, 0.717) is 0 Å². The number of aromatic nitrogens is 2. The Labute approximate surface area is 67.2 Å². The Morgan fingerprint density at radius 2 is 2.00 bits per heavy atom. The van der Waals surface area contributed by atoms with Crippen molar-refractivity contribution in [2.45, 2.75) is 6.18 Å². The molecule has 6 heteroatoms. The summed E-state index contributed by atoms with van der Waals surface area (Å²) in [5.74, 6) is -0.0255. The van der Waals surface area contributed by atoms with Crippen LogP contribution in [0.4, 0.5) is 19.0 Å². The van der Waals surface area contributed by atoms with Gasteiger partial charge in [0, 0.05) is 14.1 Å². The van der Waals surface area contributed by atoms with E-state index < -0.39 is 11.7 Å². The van der Waals surface area contributed by atoms with Gasteiger partial charge in [-0.05, 0) is 0 Å². The number of nitrogens with one attached hydrogen (secondary N) is 1. The minimum atomic E-state index is -4.34. The van der Waals surface area contributed by atoms with Crippen LogP contribution in [-0.2, 0) is 6.18 Å². The van der Waals surface area contributed by atoms with Gasteiger partial charge in [-0.25, -0.2) is 0 Å². The number of aromatic amines is 1. The smallest absolute Gasteiger partial charge is 0.363 e. The normalized spacial score (nSPS) is 11.8. The highest BCUT2D eigenvalue weighted by molar-refractivity contribution is 5.45. The van der Waals surface area contributed by atoms with E-state index in [4.69, 9.17) is 0 Å². The highest BCUT2D eigenvalue weighted by Gasteiger charge is 2.35. The lowest BCUT2D eigenvalue weighted by atomic mass is 10.3. The first-order valence-electron chi connectivity index (χ1n) is 3.21. The second-order valence-electron chi connectivity index (χ2n) is 2.52. The molecule has 1 N–H and O–H groups in total. The number of rotatable bonds is 1. The number of alkyl halides is 3. The van der Waals surface area contributed by atoms with Crippen LogP contribution in [0.5, 0.6) is 0 Å². The Hall–Kier alpha value is -1.20. The lowest BCUT2D eigenvalue weighted by Gasteiger charge is -2.13. The summed E-state index contributed by atoms with van der Waals surface area (Å²) in [5.41, 5.74) is -0.743. The molecule has 0 saturated carbocycles. The van der Waals surface area contributed by atoms with Crippen molar-refractivity contribution in [3.63, 3.8) is 0 Å². The summed E-state index contributed by atoms with van der Waals surface area (Å²) in [6, 6.07) is 0. The molecule has 1 aromatic heterocycles. The van der Waals surface area contributed by atoms with Crippen LogP contribution in [0, 0.1) is 0 Å². The molecule has 0 aliphatic heterocycles. The van der Waals surface area contributed by atoms with E-state index in [1.54, 1.807) is 0 Å². The van der Waals surface area contributed by atoms with Crippen molar-refractivity contribution in [2.24, 2.45) is 0 Å². The van der Waals surface area contributed by atoms with E-state index >= 15 is 0 Å². The van der Waals surface area contributed by atoms with Crippen LogP contribution in [0.3, 0.4) is 0 Å². The Morgan fingerprint density at radius 1 is 1.42 bits per heavy atom. The van der Waals surface area contributed by atoms with Gasteiger partial charge >= 0.3 is 6.18 Å². The molecule has 68 valence electrons. The third-order valence-corrected chi connectivity index (χ3v) is 1.37. The summed E-state index contributed by atoms with van der Waals surface area (Å²) in [6.45, 7) is 0. The molecule has 0 aliphatic carbocycles. The van der Waals surface area contributed by atoms with Crippen LogP contribution in [-0.4, -0.2) is 24.3 Å². The standard InChI is InChI=1S/C6H8F3N3/c1-12(2)5-4(3-10-11-5)6(7,8)9/h3H,1-2H3,(H,10,11). The van der Waals surface area contributed by atoms with Crippen LogP contribution >= 0.6 is 0 Å². The van der Waals surface area contributed by atoms with Crippen molar-refractivity contribution in [3.05, 3.63) is 11.8 Å². The zero-order valence-electron chi connectivity index (χ0n) is 6.61. The van der Waals surface area contributed by atoms with Gasteiger partial charge in [-0.15, -0.1) is 0 Å². The molecular formula is C6H8F3N3. The number of anilines is 1. The third kappa shape index (κ3) is 1.51. The zero-order chi connectivity index (χ0) is 9.35. The summed E-state index contributed by atoms with van der Waals surface area (Å²) in [5, 5.41) is 5.59. The molecular weight excluding hydrogens is 171 g/mol. The SMILES string of the molecule is CN(C)c1[nH]ncc1C(F)(F)F. The molecule has 0 spiro atoms. The van der Waals surface area contributed by atoms with E-state index in [1.165, 1.54) is 19.0 Å². The Morgan fingerprint density at radius 3 is 2.33 bits per heavy atom. The summed E-state index contributed by atoms with van der Waals surface area (Å²) >= 11 is 0. The zero-order valence-corrected chi connectivity index (χ0v) is 6.61. The van der Waals surface area contributed by atoms with Crippen LogP contribution in [0.25, 0.3) is 0 Å². The van der Waals surface area contributed by atoms with Crippen molar-refractivity contribution >= 4 is 5.82 Å². The van der Waals surface area contributed by atoms with Crippen LogP contribution < -0.4 is 4.90 Å². The van der Waals surface area contributed by atoms with E-state index in [-0.39, 0.29) is 5.82 Å². The van der Waals surface area contributed by atoms with Gasteiger partial charge in [0.15, 0.2) is 0 Å². The van der Waals surface area contributed by atoms with Gasteiger partial charge in [0.05, 0.1) is 6.20 Å². The van der Waals surface area contributed by atoms with Crippen molar-refractivity contribution in [1.29, 1.82) is 0 Å². The quantitative estimate of drug-likeness (QED) is 0.708. The largest absolute Gasteiger partial charge is 0.421 e. The Bertz CT molecular complexity index is 263. The minimum absolute atomic E-state index is 0.0255. The summed E-state index contributed by atoms with van der Waals surface area (Å²) in [4.78, 5) is 1.33. The van der Waals surface area contributed by atoms with Crippen LogP contribution in [0.15, 0.2) is 6.20 Å². The predicted octanol–water partition coefficient (Wildman–Crippen LogP) is 1.49. The van der Waals surface area contributed by atoms with Gasteiger partial charge in [-0.1, -0.05) is 0 Å². The molecule has 0 fully saturated rings. The maximum Gasteiger partial charge on any atom is 0.421 e. The highest BCUT2D eigenvalue weighted by Crippen LogP contribution is 2.34. The average molecular weight is 179 g/mol. The van der Waals surface area contributed by atoms with Crippen molar-refractivity contribution in [2.75, 3.05) is 19.0 Å². The lowest BCUT2D eigenvalue weighted by molar-refractivity contribution is -0.137. The number of halogens is 3. The number of nitrogens with zero attached hydrogens (tertiary/aromatic N) is 2. The fraction of sp³-hybridized carbons (Fsp3) is 0.500. The van der Waals surface area contributed by atoms with Gasteiger partial charge in [-0.2, -0.15) is 18.3 Å². The first-order valence-corrected chi connectivity index (χ1v) is 3.21. The van der Waals surface area contributed by atoms with E-state index in [1.807, 2.05) is 0 Å². The van der Waals surface area contributed by atoms with Crippen LogP contribution in [0.1, 0.15) is 5.56 Å². The van der Waals surface area contributed by atoms with Crippen molar-refractivity contribution in [1.82, 2.24) is 10.2 Å². The molecule has 12 heavy (non-hydrogen) atoms. The number of hydrogen-bond donors (Lipinski definition) is 1. The highest BCUT2D eigenvalue weighted by atomic mass is 19.4.